The second-order valence-electron chi connectivity index (χ2n) is 4.86. The van der Waals surface area contributed by atoms with Crippen molar-refractivity contribution in [1.29, 1.82) is 0 Å². The Kier molecular flexibility index (Phi) is 6.86. The van der Waals surface area contributed by atoms with E-state index in [0.717, 1.165) is 10.0 Å². The van der Waals surface area contributed by atoms with Gasteiger partial charge in [0.05, 0.1) is 0 Å². The maximum atomic E-state index is 11.9. The van der Waals surface area contributed by atoms with Crippen LogP contribution in [-0.2, 0) is 4.79 Å². The van der Waals surface area contributed by atoms with Crippen molar-refractivity contribution >= 4 is 68.1 Å². The van der Waals surface area contributed by atoms with E-state index in [1.54, 1.807) is 24.3 Å². The highest BCUT2D eigenvalue weighted by Crippen LogP contribution is 2.23. The summed E-state index contributed by atoms with van der Waals surface area (Å²) in [5.41, 5.74) is 1.51. The standard InChI is InChI=1S/C16H13BrCl2N2O2S/c1-9-4-10(17)2-3-14(9)23-8-15(22)21-16(24)20-13-6-11(18)5-12(19)7-13/h2-7H,8H2,1H3,(H2,20,21,22,24). The van der Waals surface area contributed by atoms with Gasteiger partial charge in [0, 0.05) is 20.2 Å². The third kappa shape index (κ3) is 5.94. The van der Waals surface area contributed by atoms with Gasteiger partial charge in [0.15, 0.2) is 11.7 Å². The molecular formula is C16H13BrCl2N2O2S. The van der Waals surface area contributed by atoms with Gasteiger partial charge < -0.3 is 10.1 Å². The average molecular weight is 448 g/mol. The summed E-state index contributed by atoms with van der Waals surface area (Å²) < 4.78 is 6.43. The predicted octanol–water partition coefficient (Wildman–Crippen LogP) is 4.96. The van der Waals surface area contributed by atoms with E-state index in [0.29, 0.717) is 21.5 Å². The number of aryl methyl sites for hydroxylation is 1. The lowest BCUT2D eigenvalue weighted by atomic mass is 10.2. The van der Waals surface area contributed by atoms with Crippen LogP contribution in [0.15, 0.2) is 40.9 Å². The molecular weight excluding hydrogens is 435 g/mol. The van der Waals surface area contributed by atoms with E-state index in [9.17, 15) is 4.79 Å². The van der Waals surface area contributed by atoms with Crippen LogP contribution in [0.2, 0.25) is 10.0 Å². The van der Waals surface area contributed by atoms with Crippen LogP contribution < -0.4 is 15.4 Å². The van der Waals surface area contributed by atoms with Gasteiger partial charge in [-0.2, -0.15) is 0 Å². The number of nitrogens with one attached hydrogen (secondary N) is 2. The largest absolute Gasteiger partial charge is 0.483 e. The molecule has 0 spiro atoms. The minimum Gasteiger partial charge on any atom is -0.483 e. The molecule has 0 saturated carbocycles. The Morgan fingerprint density at radius 1 is 1.21 bits per heavy atom. The Bertz CT molecular complexity index is 766. The van der Waals surface area contributed by atoms with Crippen molar-refractivity contribution in [1.82, 2.24) is 5.32 Å². The first kappa shape index (κ1) is 19.0. The molecule has 0 saturated heterocycles. The van der Waals surface area contributed by atoms with Gasteiger partial charge in [0.2, 0.25) is 0 Å². The normalized spacial score (nSPS) is 10.2. The minimum atomic E-state index is -0.372. The summed E-state index contributed by atoms with van der Waals surface area (Å²) in [7, 11) is 0. The highest BCUT2D eigenvalue weighted by Gasteiger charge is 2.08. The van der Waals surface area contributed by atoms with Gasteiger partial charge in [-0.25, -0.2) is 0 Å². The average Bonchev–Trinajstić information content (AvgIpc) is 2.44. The van der Waals surface area contributed by atoms with Gasteiger partial charge in [-0.1, -0.05) is 39.1 Å². The number of hydrogen-bond donors (Lipinski definition) is 2. The van der Waals surface area contributed by atoms with E-state index in [4.69, 9.17) is 40.2 Å². The van der Waals surface area contributed by atoms with Crippen LogP contribution in [0.3, 0.4) is 0 Å². The predicted molar refractivity (Wildman–Crippen MR) is 105 cm³/mol. The maximum absolute atomic E-state index is 11.9. The summed E-state index contributed by atoms with van der Waals surface area (Å²) in [4.78, 5) is 11.9. The number of benzene rings is 2. The first-order chi connectivity index (χ1) is 11.3. The van der Waals surface area contributed by atoms with Crippen molar-refractivity contribution in [3.05, 3.63) is 56.5 Å². The molecule has 126 valence electrons. The van der Waals surface area contributed by atoms with Crippen LogP contribution in [0.4, 0.5) is 5.69 Å². The first-order valence-electron chi connectivity index (χ1n) is 6.79. The Labute approximate surface area is 163 Å². The zero-order valence-electron chi connectivity index (χ0n) is 12.5. The SMILES string of the molecule is Cc1cc(Br)ccc1OCC(=O)NC(=S)Nc1cc(Cl)cc(Cl)c1. The van der Waals surface area contributed by atoms with Gasteiger partial charge in [-0.05, 0) is 61.1 Å². The van der Waals surface area contributed by atoms with Crippen molar-refractivity contribution in [2.75, 3.05) is 11.9 Å². The van der Waals surface area contributed by atoms with E-state index in [1.807, 2.05) is 19.1 Å². The van der Waals surface area contributed by atoms with Crippen LogP contribution >= 0.6 is 51.3 Å². The summed E-state index contributed by atoms with van der Waals surface area (Å²) in [6.45, 7) is 1.74. The number of halogens is 3. The smallest absolute Gasteiger partial charge is 0.264 e. The molecule has 0 radical (unpaired) electrons. The zero-order valence-corrected chi connectivity index (χ0v) is 16.4. The molecule has 0 unspecified atom stereocenters. The summed E-state index contributed by atoms with van der Waals surface area (Å²) in [6, 6.07) is 10.4. The number of hydrogen-bond acceptors (Lipinski definition) is 3. The lowest BCUT2D eigenvalue weighted by Crippen LogP contribution is -2.37. The van der Waals surface area contributed by atoms with E-state index in [-0.39, 0.29) is 17.6 Å². The van der Waals surface area contributed by atoms with Crippen LogP contribution in [0.25, 0.3) is 0 Å². The van der Waals surface area contributed by atoms with Gasteiger partial charge >= 0.3 is 0 Å². The molecule has 4 nitrogen and oxygen atoms in total. The monoisotopic (exact) mass is 446 g/mol. The van der Waals surface area contributed by atoms with Crippen LogP contribution in [0.1, 0.15) is 5.56 Å². The molecule has 0 heterocycles. The third-order valence-corrected chi connectivity index (χ3v) is 4.00. The van der Waals surface area contributed by atoms with Crippen molar-refractivity contribution in [2.45, 2.75) is 6.92 Å². The fourth-order valence-electron chi connectivity index (χ4n) is 1.87. The van der Waals surface area contributed by atoms with E-state index >= 15 is 0 Å². The fraction of sp³-hybridized carbons (Fsp3) is 0.125. The Balaban J connectivity index is 1.86. The zero-order chi connectivity index (χ0) is 17.7. The molecule has 2 N–H and O–H groups in total. The second kappa shape index (κ2) is 8.67. The van der Waals surface area contributed by atoms with Crippen molar-refractivity contribution in [3.8, 4) is 5.75 Å². The highest BCUT2D eigenvalue weighted by molar-refractivity contribution is 9.10. The van der Waals surface area contributed by atoms with E-state index in [2.05, 4.69) is 26.6 Å². The summed E-state index contributed by atoms with van der Waals surface area (Å²) >= 11 is 20.3. The molecule has 2 aromatic carbocycles. The topological polar surface area (TPSA) is 50.4 Å². The Morgan fingerprint density at radius 2 is 1.88 bits per heavy atom. The van der Waals surface area contributed by atoms with Gasteiger partial charge in [-0.3, -0.25) is 10.1 Å². The van der Waals surface area contributed by atoms with Gasteiger partial charge in [-0.15, -0.1) is 0 Å². The molecule has 2 aromatic rings. The van der Waals surface area contributed by atoms with Crippen molar-refractivity contribution in [2.24, 2.45) is 0 Å². The van der Waals surface area contributed by atoms with E-state index < -0.39 is 0 Å². The first-order valence-corrected chi connectivity index (χ1v) is 8.75. The molecule has 2 rings (SSSR count). The van der Waals surface area contributed by atoms with Crippen molar-refractivity contribution < 1.29 is 9.53 Å². The van der Waals surface area contributed by atoms with Crippen LogP contribution in [0, 0.1) is 6.92 Å². The number of anilines is 1. The molecule has 0 fully saturated rings. The molecule has 0 aromatic heterocycles. The Morgan fingerprint density at radius 3 is 2.50 bits per heavy atom. The molecule has 24 heavy (non-hydrogen) atoms. The number of ether oxygens (including phenoxy) is 1. The van der Waals surface area contributed by atoms with Crippen molar-refractivity contribution in [3.63, 3.8) is 0 Å². The van der Waals surface area contributed by atoms with Gasteiger partial charge in [0.1, 0.15) is 5.75 Å². The number of rotatable bonds is 4. The number of amides is 1. The summed E-state index contributed by atoms with van der Waals surface area (Å²) in [5, 5.41) is 6.44. The van der Waals surface area contributed by atoms with Crippen LogP contribution in [0.5, 0.6) is 5.75 Å². The lowest BCUT2D eigenvalue weighted by molar-refractivity contribution is -0.121. The molecule has 0 bridgehead atoms. The van der Waals surface area contributed by atoms with Gasteiger partial charge in [0.25, 0.3) is 5.91 Å². The van der Waals surface area contributed by atoms with Crippen LogP contribution in [-0.4, -0.2) is 17.6 Å². The molecule has 0 aliphatic rings. The van der Waals surface area contributed by atoms with E-state index in [1.165, 1.54) is 0 Å². The number of carbonyl (C=O) groups excluding carboxylic acids is 1. The summed E-state index contributed by atoms with van der Waals surface area (Å²) in [5.74, 6) is 0.261. The molecule has 0 atom stereocenters. The molecule has 1 amide bonds. The highest BCUT2D eigenvalue weighted by atomic mass is 79.9. The number of thiocarbonyl (C=S) groups is 1. The fourth-order valence-corrected chi connectivity index (χ4v) is 3.10. The summed E-state index contributed by atoms with van der Waals surface area (Å²) in [6.07, 6.45) is 0. The Hall–Kier alpha value is -1.34. The molecule has 0 aliphatic heterocycles. The maximum Gasteiger partial charge on any atom is 0.264 e. The number of carbonyl (C=O) groups is 1. The lowest BCUT2D eigenvalue weighted by Gasteiger charge is -2.12. The molecule has 0 aliphatic carbocycles. The quantitative estimate of drug-likeness (QED) is 0.650. The second-order valence-corrected chi connectivity index (χ2v) is 7.06. The minimum absolute atomic E-state index is 0.134. The third-order valence-electron chi connectivity index (χ3n) is 2.87. The molecule has 8 heteroatoms.